The second kappa shape index (κ2) is 24.4. The number of fused-ring (bicyclic) bond motifs is 3. The van der Waals surface area contributed by atoms with Gasteiger partial charge in [-0.1, -0.05) is 15.5 Å². The van der Waals surface area contributed by atoms with Gasteiger partial charge in [0.1, 0.15) is 62.5 Å². The molecule has 9 aromatic rings. The van der Waals surface area contributed by atoms with E-state index in [4.69, 9.17) is 23.0 Å². The SMILES string of the molecule is CC1CCC(=O)N1.Cc1nc2c(N3C(=O)CCC3C)cc(-c3c(C)noc3C)cc2[nH]1.Cc1noc(C)c1-c1cc(Br)c2nc(C)n(C(=O)OC(C)(C)C)c2c1.Cc1noc(C)c1-c1cc(N2C(=O)CCC2C)c2nc(C)n(C(=O)OC(C)(C)C)c2c1. The van der Waals surface area contributed by atoms with Crippen molar-refractivity contribution in [3.05, 3.63) is 92.7 Å². The lowest BCUT2D eigenvalue weighted by Crippen LogP contribution is -2.31. The highest BCUT2D eigenvalue weighted by atomic mass is 79.9. The molecule has 0 radical (unpaired) electrons. The number of aromatic amines is 1. The molecule has 22 nitrogen and oxygen atoms in total. The number of nitrogens with zero attached hydrogens (tertiary/aromatic N) is 10. The van der Waals surface area contributed by atoms with E-state index >= 15 is 0 Å². The number of H-pyrrole nitrogens is 1. The Morgan fingerprint density at radius 2 is 0.966 bits per heavy atom. The number of ether oxygens (including phenoxy) is 2. The van der Waals surface area contributed by atoms with Gasteiger partial charge in [-0.3, -0.25) is 14.4 Å². The van der Waals surface area contributed by atoms with Gasteiger partial charge in [0.25, 0.3) is 0 Å². The highest BCUT2D eigenvalue weighted by Gasteiger charge is 2.35. The number of halogens is 1. The van der Waals surface area contributed by atoms with Crippen LogP contribution in [-0.4, -0.2) is 104 Å². The molecule has 3 aliphatic rings. The number of benzene rings is 3. The maximum atomic E-state index is 13.0. The zero-order valence-electron chi connectivity index (χ0n) is 52.9. The summed E-state index contributed by atoms with van der Waals surface area (Å²) in [5, 5.41) is 14.9. The fourth-order valence-corrected chi connectivity index (χ4v) is 12.0. The summed E-state index contributed by atoms with van der Waals surface area (Å²) in [4.78, 5) is 81.9. The zero-order chi connectivity index (χ0) is 63.5. The van der Waals surface area contributed by atoms with E-state index in [1.54, 1.807) is 18.7 Å². The third-order valence-electron chi connectivity index (χ3n) is 15.3. The highest BCUT2D eigenvalue weighted by Crippen LogP contribution is 2.41. The maximum Gasteiger partial charge on any atom is 0.420 e. The number of carbonyl (C=O) groups excluding carboxylic acids is 5. The Morgan fingerprint density at radius 1 is 0.552 bits per heavy atom. The Labute approximate surface area is 513 Å². The lowest BCUT2D eigenvalue weighted by atomic mass is 10.0. The van der Waals surface area contributed by atoms with Crippen LogP contribution in [0.3, 0.4) is 0 Å². The molecule has 0 saturated carbocycles. The first-order chi connectivity index (χ1) is 40.8. The van der Waals surface area contributed by atoms with Crippen LogP contribution in [0.25, 0.3) is 66.5 Å². The molecule has 3 amide bonds. The quantitative estimate of drug-likeness (QED) is 0.162. The fraction of sp³-hybridized carbons (Fsp3) is 0.453. The van der Waals surface area contributed by atoms with Crippen LogP contribution in [0, 0.1) is 62.3 Å². The summed E-state index contributed by atoms with van der Waals surface area (Å²) >= 11 is 3.56. The highest BCUT2D eigenvalue weighted by molar-refractivity contribution is 9.10. The Bertz CT molecular complexity index is 4100. The number of imidazole rings is 3. The van der Waals surface area contributed by atoms with Crippen molar-refractivity contribution in [2.45, 2.75) is 192 Å². The van der Waals surface area contributed by atoms with Crippen LogP contribution >= 0.6 is 15.9 Å². The predicted octanol–water partition coefficient (Wildman–Crippen LogP) is 14.0. The number of aryl methyl sites for hydroxylation is 9. The summed E-state index contributed by atoms with van der Waals surface area (Å²) in [5.41, 5.74) is 12.5. The van der Waals surface area contributed by atoms with Gasteiger partial charge >= 0.3 is 12.2 Å². The van der Waals surface area contributed by atoms with Crippen LogP contribution < -0.4 is 15.1 Å². The van der Waals surface area contributed by atoms with Crippen LogP contribution in [-0.2, 0) is 23.9 Å². The molecule has 2 N–H and O–H groups in total. The third-order valence-corrected chi connectivity index (χ3v) is 15.9. The van der Waals surface area contributed by atoms with Gasteiger partial charge in [-0.05, 0) is 213 Å². The number of rotatable bonds is 5. The van der Waals surface area contributed by atoms with E-state index in [2.05, 4.69) is 69.6 Å². The molecule has 3 saturated heterocycles. The summed E-state index contributed by atoms with van der Waals surface area (Å²) in [6.07, 6.45) is 3.51. The topological polar surface area (TPSA) is 265 Å². The average molecular weight is 1250 g/mol. The molecule has 6 aromatic heterocycles. The van der Waals surface area contributed by atoms with E-state index in [1.807, 2.05) is 139 Å². The molecule has 87 heavy (non-hydrogen) atoms. The van der Waals surface area contributed by atoms with E-state index in [1.165, 1.54) is 9.13 Å². The van der Waals surface area contributed by atoms with Crippen LogP contribution in [0.1, 0.15) is 153 Å². The fourth-order valence-electron chi connectivity index (χ4n) is 11.5. The van der Waals surface area contributed by atoms with Crippen LogP contribution in [0.15, 0.2) is 54.4 Å². The number of carbonyl (C=O) groups is 5. The van der Waals surface area contributed by atoms with Gasteiger partial charge in [0.05, 0.1) is 45.0 Å². The Kier molecular flexibility index (Phi) is 17.7. The second-order valence-corrected chi connectivity index (χ2v) is 25.6. The van der Waals surface area contributed by atoms with Crippen molar-refractivity contribution < 1.29 is 47.0 Å². The first kappa shape index (κ1) is 63.0. The van der Waals surface area contributed by atoms with Gasteiger partial charge in [-0.25, -0.2) is 33.7 Å². The van der Waals surface area contributed by atoms with E-state index in [-0.39, 0.29) is 29.8 Å². The van der Waals surface area contributed by atoms with Gasteiger partial charge in [-0.2, -0.15) is 0 Å². The van der Waals surface area contributed by atoms with E-state index in [0.29, 0.717) is 64.0 Å². The van der Waals surface area contributed by atoms with Crippen LogP contribution in [0.5, 0.6) is 0 Å². The van der Waals surface area contributed by atoms with Crippen molar-refractivity contribution >= 4 is 90.3 Å². The smallest absolute Gasteiger partial charge is 0.420 e. The normalized spacial score (nSPS) is 17.0. The molecule has 3 unspecified atom stereocenters. The van der Waals surface area contributed by atoms with Crippen LogP contribution in [0.2, 0.25) is 0 Å². The summed E-state index contributed by atoms with van der Waals surface area (Å²) < 4.78 is 30.9. The molecule has 0 aliphatic carbocycles. The lowest BCUT2D eigenvalue weighted by Gasteiger charge is -2.23. The molecule has 3 atom stereocenters. The molecule has 0 spiro atoms. The van der Waals surface area contributed by atoms with Crippen LogP contribution in [0.4, 0.5) is 21.0 Å². The van der Waals surface area contributed by atoms with Crippen molar-refractivity contribution in [3.8, 4) is 33.4 Å². The van der Waals surface area contributed by atoms with Crippen molar-refractivity contribution in [1.82, 2.24) is 49.9 Å². The van der Waals surface area contributed by atoms with Crippen molar-refractivity contribution in [1.29, 1.82) is 0 Å². The van der Waals surface area contributed by atoms with Crippen molar-refractivity contribution in [3.63, 3.8) is 0 Å². The third kappa shape index (κ3) is 13.1. The van der Waals surface area contributed by atoms with E-state index in [0.717, 1.165) is 115 Å². The zero-order valence-corrected chi connectivity index (χ0v) is 54.5. The number of nitrogens with one attached hydrogen (secondary N) is 2. The van der Waals surface area contributed by atoms with E-state index < -0.39 is 23.4 Å². The minimum absolute atomic E-state index is 0.0441. The Balaban J connectivity index is 0.000000148. The van der Waals surface area contributed by atoms with Crippen molar-refractivity contribution in [2.24, 2.45) is 0 Å². The first-order valence-corrected chi connectivity index (χ1v) is 30.0. The van der Waals surface area contributed by atoms with Gasteiger partial charge < -0.3 is 43.1 Å². The molecule has 12 rings (SSSR count). The Hall–Kier alpha value is -8.47. The van der Waals surface area contributed by atoms with Gasteiger partial charge in [0, 0.05) is 58.6 Å². The molecule has 460 valence electrons. The minimum atomic E-state index is -0.651. The second-order valence-electron chi connectivity index (χ2n) is 24.8. The maximum absolute atomic E-state index is 13.0. The molecule has 3 aromatic carbocycles. The first-order valence-electron chi connectivity index (χ1n) is 29.2. The predicted molar refractivity (Wildman–Crippen MR) is 335 cm³/mol. The number of amides is 3. The molecule has 23 heteroatoms. The van der Waals surface area contributed by atoms with Crippen molar-refractivity contribution in [2.75, 3.05) is 9.80 Å². The molecular formula is C64H77BrN12O10. The summed E-state index contributed by atoms with van der Waals surface area (Å²) in [6, 6.07) is 12.4. The molecule has 9 heterocycles. The standard InChI is InChI=1S/C23H28N4O4.C18H20BrN3O3.C18H20N4O2.C5H9NO/c1-12-8-9-19(28)26(12)17-10-16(20-13(2)25-31-14(20)3)11-18-21(17)24-15(4)27(18)22(29)30-23(5,6)7;1-9-15(10(2)25-21-9)12-7-13(19)16-14(8-12)22(11(3)20-16)17(23)24-18(4,5)6;1-9-5-6-16(23)22(9)15-8-13(17-10(2)21-24-11(17)3)7-14-18(15)20-12(4)19-14;1-4-2-3-5(7)6-4/h10-12H,8-9H2,1-7H3;7-8H,1-6H3;7-9H,5-6H2,1-4H3,(H,19,20);4H,2-3H2,1H3,(H,6,7). The summed E-state index contributed by atoms with van der Waals surface area (Å²) in [6.45, 7) is 33.9. The van der Waals surface area contributed by atoms with Gasteiger partial charge in [-0.15, -0.1) is 0 Å². The average Bonchev–Trinajstić information content (AvgIpc) is 1.77. The summed E-state index contributed by atoms with van der Waals surface area (Å²) in [7, 11) is 0. The number of anilines is 2. The van der Waals surface area contributed by atoms with E-state index in [9.17, 15) is 24.0 Å². The monoisotopic (exact) mass is 1250 g/mol. The molecule has 3 fully saturated rings. The lowest BCUT2D eigenvalue weighted by molar-refractivity contribution is -0.119. The largest absolute Gasteiger partial charge is 0.443 e. The number of aromatic nitrogens is 9. The molecule has 3 aliphatic heterocycles. The molecule has 0 bridgehead atoms. The number of hydrogen-bond acceptors (Lipinski definition) is 16. The summed E-state index contributed by atoms with van der Waals surface area (Å²) in [5.74, 6) is 4.48. The molecular weight excluding hydrogens is 1180 g/mol. The minimum Gasteiger partial charge on any atom is -0.443 e. The Morgan fingerprint density at radius 3 is 1.33 bits per heavy atom. The van der Waals surface area contributed by atoms with Gasteiger partial charge in [0.15, 0.2) is 0 Å². The van der Waals surface area contributed by atoms with Gasteiger partial charge in [0.2, 0.25) is 17.7 Å². The number of hydrogen-bond donors (Lipinski definition) is 2.